The van der Waals surface area contributed by atoms with Gasteiger partial charge in [0.15, 0.2) is 0 Å². The van der Waals surface area contributed by atoms with Crippen molar-refractivity contribution in [2.45, 2.75) is 6.92 Å². The van der Waals surface area contributed by atoms with Crippen LogP contribution in [0.15, 0.2) is 12.1 Å². The van der Waals surface area contributed by atoms with Crippen LogP contribution in [0.5, 0.6) is 0 Å². The van der Waals surface area contributed by atoms with E-state index in [1.807, 2.05) is 0 Å². The molecule has 0 radical (unpaired) electrons. The average molecular weight is 246 g/mol. The number of carboxylic acid groups (broad SMARTS) is 1. The number of rotatable bonds is 3. The third kappa shape index (κ3) is 2.93. The highest BCUT2D eigenvalue weighted by molar-refractivity contribution is 6.33. The molecule has 1 aromatic carbocycles. The Hall–Kier alpha value is -1.62. The molecule has 0 aliphatic heterocycles. The zero-order valence-electron chi connectivity index (χ0n) is 8.38. The number of carbonyl (C=O) groups is 2. The van der Waals surface area contributed by atoms with E-state index < -0.39 is 24.2 Å². The minimum absolute atomic E-state index is 0.0778. The number of aryl methyl sites for hydroxylation is 1. The molecule has 2 N–H and O–H groups in total. The van der Waals surface area contributed by atoms with E-state index >= 15 is 0 Å². The highest BCUT2D eigenvalue weighted by Crippen LogP contribution is 2.20. The monoisotopic (exact) mass is 245 g/mol. The number of halogens is 2. The fraction of sp³-hybridized carbons (Fsp3) is 0.200. The maximum absolute atomic E-state index is 13.2. The van der Waals surface area contributed by atoms with Gasteiger partial charge in [-0.2, -0.15) is 0 Å². The molecule has 16 heavy (non-hydrogen) atoms. The summed E-state index contributed by atoms with van der Waals surface area (Å²) in [6.07, 6.45) is 0. The summed E-state index contributed by atoms with van der Waals surface area (Å²) in [5, 5.41) is 10.5. The van der Waals surface area contributed by atoms with Crippen LogP contribution in [0.2, 0.25) is 5.02 Å². The Morgan fingerprint density at radius 1 is 1.50 bits per heavy atom. The van der Waals surface area contributed by atoms with E-state index in [4.69, 9.17) is 16.7 Å². The maximum Gasteiger partial charge on any atom is 0.322 e. The van der Waals surface area contributed by atoms with Crippen molar-refractivity contribution in [1.29, 1.82) is 0 Å². The van der Waals surface area contributed by atoms with Crippen molar-refractivity contribution < 1.29 is 19.1 Å². The van der Waals surface area contributed by atoms with Gasteiger partial charge < -0.3 is 10.4 Å². The molecule has 0 aliphatic rings. The summed E-state index contributed by atoms with van der Waals surface area (Å²) >= 11 is 5.74. The predicted octanol–water partition coefficient (Wildman–Crippen LogP) is 1.60. The van der Waals surface area contributed by atoms with Crippen LogP contribution in [0.1, 0.15) is 15.9 Å². The van der Waals surface area contributed by atoms with Crippen LogP contribution in [0, 0.1) is 12.7 Å². The first-order valence-corrected chi connectivity index (χ1v) is 4.75. The van der Waals surface area contributed by atoms with E-state index in [1.54, 1.807) is 0 Å². The molecule has 0 spiro atoms. The Morgan fingerprint density at radius 3 is 2.69 bits per heavy atom. The molecule has 1 rings (SSSR count). The summed E-state index contributed by atoms with van der Waals surface area (Å²) in [4.78, 5) is 21.6. The number of nitrogens with one attached hydrogen (secondary N) is 1. The van der Waals surface area contributed by atoms with Gasteiger partial charge in [0.2, 0.25) is 0 Å². The minimum atomic E-state index is -1.18. The SMILES string of the molecule is Cc1cc(Cl)c(C(=O)NCC(=O)O)cc1F. The number of aliphatic carboxylic acids is 1. The van der Waals surface area contributed by atoms with Gasteiger partial charge in [0, 0.05) is 0 Å². The smallest absolute Gasteiger partial charge is 0.322 e. The van der Waals surface area contributed by atoms with Crippen LogP contribution in [0.4, 0.5) is 4.39 Å². The summed E-state index contributed by atoms with van der Waals surface area (Å²) < 4.78 is 13.2. The Kier molecular flexibility index (Phi) is 3.84. The Balaban J connectivity index is 2.91. The Morgan fingerprint density at radius 2 is 2.12 bits per heavy atom. The second kappa shape index (κ2) is 4.94. The third-order valence-corrected chi connectivity index (χ3v) is 2.21. The summed E-state index contributed by atoms with van der Waals surface area (Å²) in [5.74, 6) is -2.46. The molecular formula is C10H9ClFNO3. The van der Waals surface area contributed by atoms with Crippen LogP contribution in [-0.2, 0) is 4.79 Å². The van der Waals surface area contributed by atoms with Crippen molar-refractivity contribution >= 4 is 23.5 Å². The molecule has 0 aliphatic carbocycles. The van der Waals surface area contributed by atoms with Crippen LogP contribution < -0.4 is 5.32 Å². The van der Waals surface area contributed by atoms with Gasteiger partial charge in [-0.1, -0.05) is 11.6 Å². The van der Waals surface area contributed by atoms with E-state index in [2.05, 4.69) is 5.32 Å². The molecule has 0 saturated heterocycles. The standard InChI is InChI=1S/C10H9ClFNO3/c1-5-2-7(11)6(3-8(5)12)10(16)13-4-9(14)15/h2-3H,4H2,1H3,(H,13,16)(H,14,15). The lowest BCUT2D eigenvalue weighted by Crippen LogP contribution is -2.29. The second-order valence-electron chi connectivity index (χ2n) is 3.16. The average Bonchev–Trinajstić information content (AvgIpc) is 2.20. The van der Waals surface area contributed by atoms with Gasteiger partial charge in [0.1, 0.15) is 12.4 Å². The first-order chi connectivity index (χ1) is 7.41. The van der Waals surface area contributed by atoms with Crippen LogP contribution in [0.3, 0.4) is 0 Å². The molecule has 86 valence electrons. The van der Waals surface area contributed by atoms with E-state index in [1.165, 1.54) is 13.0 Å². The largest absolute Gasteiger partial charge is 0.480 e. The Labute approximate surface area is 96.0 Å². The lowest BCUT2D eigenvalue weighted by molar-refractivity contribution is -0.135. The first kappa shape index (κ1) is 12.4. The summed E-state index contributed by atoms with van der Waals surface area (Å²) in [5.41, 5.74) is 0.241. The van der Waals surface area contributed by atoms with Crippen molar-refractivity contribution in [3.8, 4) is 0 Å². The van der Waals surface area contributed by atoms with Gasteiger partial charge in [-0.15, -0.1) is 0 Å². The normalized spacial score (nSPS) is 9.94. The van der Waals surface area contributed by atoms with E-state index in [0.717, 1.165) is 6.07 Å². The lowest BCUT2D eigenvalue weighted by Gasteiger charge is -2.06. The van der Waals surface area contributed by atoms with Crippen LogP contribution in [-0.4, -0.2) is 23.5 Å². The van der Waals surface area contributed by atoms with Crippen molar-refractivity contribution in [2.75, 3.05) is 6.54 Å². The predicted molar refractivity (Wildman–Crippen MR) is 56.1 cm³/mol. The van der Waals surface area contributed by atoms with E-state index in [9.17, 15) is 14.0 Å². The van der Waals surface area contributed by atoms with Gasteiger partial charge in [-0.05, 0) is 24.6 Å². The van der Waals surface area contributed by atoms with Crippen LogP contribution in [0.25, 0.3) is 0 Å². The molecular weight excluding hydrogens is 237 g/mol. The van der Waals surface area contributed by atoms with Crippen molar-refractivity contribution in [3.05, 3.63) is 34.1 Å². The zero-order chi connectivity index (χ0) is 12.3. The van der Waals surface area contributed by atoms with Gasteiger partial charge in [0.25, 0.3) is 5.91 Å². The third-order valence-electron chi connectivity index (χ3n) is 1.89. The first-order valence-electron chi connectivity index (χ1n) is 4.37. The molecule has 0 heterocycles. The van der Waals surface area contributed by atoms with Gasteiger partial charge >= 0.3 is 5.97 Å². The van der Waals surface area contributed by atoms with Crippen molar-refractivity contribution in [1.82, 2.24) is 5.32 Å². The van der Waals surface area contributed by atoms with E-state index in [-0.39, 0.29) is 10.6 Å². The molecule has 0 bridgehead atoms. The number of carboxylic acids is 1. The molecule has 4 nitrogen and oxygen atoms in total. The molecule has 0 aromatic heterocycles. The highest BCUT2D eigenvalue weighted by Gasteiger charge is 2.13. The molecule has 1 amide bonds. The molecule has 1 aromatic rings. The fourth-order valence-electron chi connectivity index (χ4n) is 1.07. The van der Waals surface area contributed by atoms with Crippen molar-refractivity contribution in [2.24, 2.45) is 0 Å². The lowest BCUT2D eigenvalue weighted by atomic mass is 10.1. The van der Waals surface area contributed by atoms with Gasteiger partial charge in [0.05, 0.1) is 10.6 Å². The molecule has 0 unspecified atom stereocenters. The van der Waals surface area contributed by atoms with Gasteiger partial charge in [-0.3, -0.25) is 9.59 Å². The van der Waals surface area contributed by atoms with E-state index in [0.29, 0.717) is 5.56 Å². The summed E-state index contributed by atoms with van der Waals surface area (Å²) in [7, 11) is 0. The summed E-state index contributed by atoms with van der Waals surface area (Å²) in [6.45, 7) is 0.977. The fourth-order valence-corrected chi connectivity index (χ4v) is 1.38. The van der Waals surface area contributed by atoms with Crippen molar-refractivity contribution in [3.63, 3.8) is 0 Å². The highest BCUT2D eigenvalue weighted by atomic mass is 35.5. The molecule has 0 saturated carbocycles. The number of hydrogen-bond acceptors (Lipinski definition) is 2. The number of hydrogen-bond donors (Lipinski definition) is 2. The maximum atomic E-state index is 13.2. The quantitative estimate of drug-likeness (QED) is 0.850. The summed E-state index contributed by atoms with van der Waals surface area (Å²) in [6, 6.07) is 2.29. The zero-order valence-corrected chi connectivity index (χ0v) is 9.14. The minimum Gasteiger partial charge on any atom is -0.480 e. The number of benzene rings is 1. The van der Waals surface area contributed by atoms with Crippen LogP contribution >= 0.6 is 11.6 Å². The number of carbonyl (C=O) groups excluding carboxylic acids is 1. The molecule has 0 atom stereocenters. The molecule has 0 fully saturated rings. The second-order valence-corrected chi connectivity index (χ2v) is 3.56. The molecule has 6 heteroatoms. The Bertz CT molecular complexity index is 448. The topological polar surface area (TPSA) is 66.4 Å². The van der Waals surface area contributed by atoms with Gasteiger partial charge in [-0.25, -0.2) is 4.39 Å². The number of amides is 1.